The van der Waals surface area contributed by atoms with Gasteiger partial charge in [-0.3, -0.25) is 4.90 Å². The number of ether oxygens (including phenoxy) is 2. The van der Waals surface area contributed by atoms with Crippen molar-refractivity contribution in [3.63, 3.8) is 0 Å². The molecule has 0 saturated heterocycles. The minimum Gasteiger partial charge on any atom is -0.493 e. The van der Waals surface area contributed by atoms with Crippen LogP contribution < -0.4 is 9.47 Å². The summed E-state index contributed by atoms with van der Waals surface area (Å²) in [7, 11) is 0. The molecule has 1 aliphatic heterocycles. The van der Waals surface area contributed by atoms with Gasteiger partial charge in [0.2, 0.25) is 5.88 Å². The van der Waals surface area contributed by atoms with Crippen LogP contribution in [0.3, 0.4) is 0 Å². The highest BCUT2D eigenvalue weighted by Gasteiger charge is 2.17. The zero-order valence-corrected chi connectivity index (χ0v) is 15.1. The zero-order valence-electron chi connectivity index (χ0n) is 15.1. The van der Waals surface area contributed by atoms with Gasteiger partial charge in [0.25, 0.3) is 0 Å². The molecule has 0 amide bonds. The van der Waals surface area contributed by atoms with E-state index in [2.05, 4.69) is 41.1 Å². The van der Waals surface area contributed by atoms with Gasteiger partial charge in [-0.05, 0) is 37.1 Å². The molecule has 1 aromatic heterocycles. The van der Waals surface area contributed by atoms with Gasteiger partial charge in [-0.15, -0.1) is 0 Å². The van der Waals surface area contributed by atoms with E-state index < -0.39 is 0 Å². The van der Waals surface area contributed by atoms with E-state index in [9.17, 15) is 0 Å². The largest absolute Gasteiger partial charge is 0.493 e. The maximum Gasteiger partial charge on any atom is 0.218 e. The summed E-state index contributed by atoms with van der Waals surface area (Å²) < 4.78 is 11.8. The van der Waals surface area contributed by atoms with Crippen molar-refractivity contribution in [2.24, 2.45) is 0 Å². The first-order chi connectivity index (χ1) is 12.8. The number of hydrogen-bond donors (Lipinski definition) is 0. The molecule has 4 rings (SSSR count). The maximum absolute atomic E-state index is 5.92. The Hall–Kier alpha value is -2.59. The molecular weight excluding hydrogens is 324 g/mol. The van der Waals surface area contributed by atoms with Crippen molar-refractivity contribution in [2.75, 3.05) is 26.3 Å². The molecule has 0 radical (unpaired) electrons. The highest BCUT2D eigenvalue weighted by Crippen LogP contribution is 2.25. The second kappa shape index (κ2) is 7.75. The number of nitrogens with zero attached hydrogens (tertiary/aromatic N) is 2. The van der Waals surface area contributed by atoms with Gasteiger partial charge >= 0.3 is 0 Å². The summed E-state index contributed by atoms with van der Waals surface area (Å²) in [5.74, 6) is 1.76. The first kappa shape index (κ1) is 16.9. The number of hydrogen-bond acceptors (Lipinski definition) is 4. The second-order valence-electron chi connectivity index (χ2n) is 6.74. The lowest BCUT2D eigenvalue weighted by Crippen LogP contribution is -2.27. The number of pyridine rings is 1. The standard InChI is InChI=1S/C22H24N2O2/c1-17-7-2-5-10-21(17)25-13-6-11-24-12-14-26-22-19(16-24)15-18-8-3-4-9-20(18)23-22/h2-5,7-10,15H,6,11-14,16H2,1H3. The molecule has 2 heterocycles. The SMILES string of the molecule is Cc1ccccc1OCCCN1CCOc2nc3ccccc3cc2C1. The molecule has 0 fully saturated rings. The first-order valence-corrected chi connectivity index (χ1v) is 9.22. The van der Waals surface area contributed by atoms with Crippen molar-refractivity contribution in [3.8, 4) is 11.6 Å². The molecule has 26 heavy (non-hydrogen) atoms. The summed E-state index contributed by atoms with van der Waals surface area (Å²) in [5.41, 5.74) is 3.34. The summed E-state index contributed by atoms with van der Waals surface area (Å²) in [6.45, 7) is 6.26. The molecule has 2 aromatic carbocycles. The van der Waals surface area contributed by atoms with E-state index >= 15 is 0 Å². The average Bonchev–Trinajstić information content (AvgIpc) is 2.86. The molecule has 134 valence electrons. The van der Waals surface area contributed by atoms with E-state index in [1.807, 2.05) is 30.3 Å². The molecule has 1 aliphatic rings. The topological polar surface area (TPSA) is 34.6 Å². The predicted molar refractivity (Wildman–Crippen MR) is 104 cm³/mol. The van der Waals surface area contributed by atoms with E-state index in [1.165, 1.54) is 16.5 Å². The van der Waals surface area contributed by atoms with Crippen LogP contribution in [0.1, 0.15) is 17.5 Å². The first-order valence-electron chi connectivity index (χ1n) is 9.22. The van der Waals surface area contributed by atoms with E-state index in [0.29, 0.717) is 6.61 Å². The van der Waals surface area contributed by atoms with E-state index in [1.54, 1.807) is 0 Å². The van der Waals surface area contributed by atoms with Crippen molar-refractivity contribution in [1.29, 1.82) is 0 Å². The number of para-hydroxylation sites is 2. The van der Waals surface area contributed by atoms with Crippen molar-refractivity contribution in [2.45, 2.75) is 19.9 Å². The number of fused-ring (bicyclic) bond motifs is 2. The number of rotatable bonds is 5. The fraction of sp³-hybridized carbons (Fsp3) is 0.318. The van der Waals surface area contributed by atoms with Crippen LogP contribution in [0, 0.1) is 6.92 Å². The van der Waals surface area contributed by atoms with Crippen LogP contribution in [0.2, 0.25) is 0 Å². The molecule has 0 unspecified atom stereocenters. The molecule has 0 N–H and O–H groups in total. The van der Waals surface area contributed by atoms with Crippen LogP contribution in [0.25, 0.3) is 10.9 Å². The van der Waals surface area contributed by atoms with Gasteiger partial charge in [0.05, 0.1) is 12.1 Å². The average molecular weight is 348 g/mol. The molecule has 0 aliphatic carbocycles. The third kappa shape index (κ3) is 3.81. The Bertz CT molecular complexity index is 894. The third-order valence-corrected chi connectivity index (χ3v) is 4.77. The Kier molecular flexibility index (Phi) is 5.02. The summed E-state index contributed by atoms with van der Waals surface area (Å²) in [6, 6.07) is 18.6. The van der Waals surface area contributed by atoms with E-state index in [4.69, 9.17) is 9.47 Å². The lowest BCUT2D eigenvalue weighted by molar-refractivity contribution is 0.204. The number of aromatic nitrogens is 1. The molecule has 0 atom stereocenters. The predicted octanol–water partition coefficient (Wildman–Crippen LogP) is 4.21. The highest BCUT2D eigenvalue weighted by atomic mass is 16.5. The molecule has 0 saturated carbocycles. The Morgan fingerprint density at radius 3 is 2.88 bits per heavy atom. The van der Waals surface area contributed by atoms with Gasteiger partial charge in [0.1, 0.15) is 12.4 Å². The van der Waals surface area contributed by atoms with Gasteiger partial charge in [-0.1, -0.05) is 36.4 Å². The summed E-state index contributed by atoms with van der Waals surface area (Å²) >= 11 is 0. The summed E-state index contributed by atoms with van der Waals surface area (Å²) in [6.07, 6.45) is 0.991. The van der Waals surface area contributed by atoms with Crippen molar-refractivity contribution in [3.05, 3.63) is 65.7 Å². The van der Waals surface area contributed by atoms with Crippen LogP contribution >= 0.6 is 0 Å². The third-order valence-electron chi connectivity index (χ3n) is 4.77. The quantitative estimate of drug-likeness (QED) is 0.647. The Balaban J connectivity index is 1.36. The molecule has 3 aromatic rings. The summed E-state index contributed by atoms with van der Waals surface area (Å²) in [5, 5.41) is 1.17. The molecule has 4 heteroatoms. The summed E-state index contributed by atoms with van der Waals surface area (Å²) in [4.78, 5) is 7.10. The van der Waals surface area contributed by atoms with Gasteiger partial charge in [0, 0.05) is 30.6 Å². The van der Waals surface area contributed by atoms with E-state index in [-0.39, 0.29) is 0 Å². The highest BCUT2D eigenvalue weighted by molar-refractivity contribution is 5.80. The van der Waals surface area contributed by atoms with E-state index in [0.717, 1.165) is 49.8 Å². The fourth-order valence-corrected chi connectivity index (χ4v) is 3.35. The van der Waals surface area contributed by atoms with Crippen LogP contribution in [0.4, 0.5) is 0 Å². The Labute approximate surface area is 154 Å². The molecule has 0 spiro atoms. The number of benzene rings is 2. The van der Waals surface area contributed by atoms with Crippen LogP contribution in [0.15, 0.2) is 54.6 Å². The van der Waals surface area contributed by atoms with Crippen LogP contribution in [-0.4, -0.2) is 36.2 Å². The smallest absolute Gasteiger partial charge is 0.218 e. The van der Waals surface area contributed by atoms with Gasteiger partial charge in [-0.2, -0.15) is 0 Å². The van der Waals surface area contributed by atoms with Gasteiger partial charge in [-0.25, -0.2) is 4.98 Å². The Morgan fingerprint density at radius 2 is 1.96 bits per heavy atom. The minimum atomic E-state index is 0.678. The van der Waals surface area contributed by atoms with Gasteiger partial charge in [0.15, 0.2) is 0 Å². The zero-order chi connectivity index (χ0) is 17.8. The Morgan fingerprint density at radius 1 is 1.12 bits per heavy atom. The van der Waals surface area contributed by atoms with Crippen LogP contribution in [0.5, 0.6) is 11.6 Å². The molecular formula is C22H24N2O2. The number of aryl methyl sites for hydroxylation is 1. The molecule has 0 bridgehead atoms. The van der Waals surface area contributed by atoms with Crippen molar-refractivity contribution < 1.29 is 9.47 Å². The van der Waals surface area contributed by atoms with Crippen molar-refractivity contribution in [1.82, 2.24) is 9.88 Å². The maximum atomic E-state index is 5.92. The molecule has 4 nitrogen and oxygen atoms in total. The monoisotopic (exact) mass is 348 g/mol. The minimum absolute atomic E-state index is 0.678. The fourth-order valence-electron chi connectivity index (χ4n) is 3.35. The van der Waals surface area contributed by atoms with Crippen molar-refractivity contribution >= 4 is 10.9 Å². The normalized spacial score (nSPS) is 14.5. The second-order valence-corrected chi connectivity index (χ2v) is 6.74. The lowest BCUT2D eigenvalue weighted by Gasteiger charge is -2.19. The lowest BCUT2D eigenvalue weighted by atomic mass is 10.1. The van der Waals surface area contributed by atoms with Crippen LogP contribution in [-0.2, 0) is 6.54 Å². The van der Waals surface area contributed by atoms with Gasteiger partial charge < -0.3 is 9.47 Å².